The molecular weight excluding hydrogens is 134 g/mol. The van der Waals surface area contributed by atoms with Crippen LogP contribution in [-0.4, -0.2) is 6.54 Å². The standard InChI is InChI=1S/C10H21N/c1-8(2)6-9-4-3-5-10(9)7-11/h8-10H,3-7,11H2,1-2H3. The fraction of sp³-hybridized carbons (Fsp3) is 1.00. The van der Waals surface area contributed by atoms with Gasteiger partial charge in [0.25, 0.3) is 0 Å². The van der Waals surface area contributed by atoms with Crippen molar-refractivity contribution in [3.8, 4) is 0 Å². The van der Waals surface area contributed by atoms with Crippen LogP contribution in [0.3, 0.4) is 0 Å². The van der Waals surface area contributed by atoms with Gasteiger partial charge in [-0.15, -0.1) is 0 Å². The van der Waals surface area contributed by atoms with Gasteiger partial charge < -0.3 is 5.73 Å². The van der Waals surface area contributed by atoms with Gasteiger partial charge in [-0.2, -0.15) is 0 Å². The summed E-state index contributed by atoms with van der Waals surface area (Å²) in [6, 6.07) is 0. The van der Waals surface area contributed by atoms with Crippen LogP contribution in [0.25, 0.3) is 0 Å². The lowest BCUT2D eigenvalue weighted by Crippen LogP contribution is -2.19. The third kappa shape index (κ3) is 2.48. The molecule has 66 valence electrons. The lowest BCUT2D eigenvalue weighted by atomic mass is 9.88. The minimum Gasteiger partial charge on any atom is -0.330 e. The fourth-order valence-corrected chi connectivity index (χ4v) is 2.34. The van der Waals surface area contributed by atoms with Crippen molar-refractivity contribution in [3.63, 3.8) is 0 Å². The van der Waals surface area contributed by atoms with Gasteiger partial charge in [-0.3, -0.25) is 0 Å². The highest BCUT2D eigenvalue weighted by molar-refractivity contribution is 4.78. The van der Waals surface area contributed by atoms with Crippen molar-refractivity contribution in [2.75, 3.05) is 6.54 Å². The smallest absolute Gasteiger partial charge is 0.00462 e. The summed E-state index contributed by atoms with van der Waals surface area (Å²) >= 11 is 0. The molecule has 2 unspecified atom stereocenters. The number of hydrogen-bond acceptors (Lipinski definition) is 1. The Kier molecular flexibility index (Phi) is 3.38. The molecule has 1 aliphatic rings. The molecule has 11 heavy (non-hydrogen) atoms. The van der Waals surface area contributed by atoms with Gasteiger partial charge in [-0.25, -0.2) is 0 Å². The first-order chi connectivity index (χ1) is 5.24. The van der Waals surface area contributed by atoms with E-state index in [2.05, 4.69) is 13.8 Å². The first-order valence-corrected chi connectivity index (χ1v) is 4.94. The zero-order chi connectivity index (χ0) is 8.27. The molecule has 1 aliphatic carbocycles. The van der Waals surface area contributed by atoms with E-state index < -0.39 is 0 Å². The molecule has 0 aromatic carbocycles. The molecule has 0 spiro atoms. The predicted molar refractivity (Wildman–Crippen MR) is 49.3 cm³/mol. The maximum absolute atomic E-state index is 5.70. The molecule has 1 rings (SSSR count). The Balaban J connectivity index is 2.31. The van der Waals surface area contributed by atoms with Crippen molar-refractivity contribution in [3.05, 3.63) is 0 Å². The molecule has 1 saturated carbocycles. The number of hydrogen-bond donors (Lipinski definition) is 1. The van der Waals surface area contributed by atoms with E-state index in [0.717, 1.165) is 24.3 Å². The fourth-order valence-electron chi connectivity index (χ4n) is 2.34. The van der Waals surface area contributed by atoms with E-state index in [1.165, 1.54) is 25.7 Å². The van der Waals surface area contributed by atoms with E-state index in [1.54, 1.807) is 0 Å². The SMILES string of the molecule is CC(C)CC1CCCC1CN. The van der Waals surface area contributed by atoms with Gasteiger partial charge in [0, 0.05) is 0 Å². The number of rotatable bonds is 3. The molecule has 0 aromatic heterocycles. The maximum atomic E-state index is 5.70. The molecule has 0 aliphatic heterocycles. The Morgan fingerprint density at radius 3 is 2.45 bits per heavy atom. The van der Waals surface area contributed by atoms with Crippen molar-refractivity contribution in [2.24, 2.45) is 23.5 Å². The van der Waals surface area contributed by atoms with E-state index >= 15 is 0 Å². The van der Waals surface area contributed by atoms with E-state index in [4.69, 9.17) is 5.73 Å². The third-order valence-corrected chi connectivity index (χ3v) is 2.89. The lowest BCUT2D eigenvalue weighted by Gasteiger charge is -2.19. The van der Waals surface area contributed by atoms with Gasteiger partial charge in [-0.1, -0.05) is 26.7 Å². The summed E-state index contributed by atoms with van der Waals surface area (Å²) in [4.78, 5) is 0. The molecule has 0 saturated heterocycles. The normalized spacial score (nSPS) is 31.6. The average Bonchev–Trinajstić information content (AvgIpc) is 2.34. The first-order valence-electron chi connectivity index (χ1n) is 4.94. The molecule has 0 aromatic rings. The van der Waals surface area contributed by atoms with Crippen molar-refractivity contribution in [2.45, 2.75) is 39.5 Å². The van der Waals surface area contributed by atoms with Gasteiger partial charge >= 0.3 is 0 Å². The summed E-state index contributed by atoms with van der Waals surface area (Å²) < 4.78 is 0. The molecule has 2 N–H and O–H groups in total. The highest BCUT2D eigenvalue weighted by Gasteiger charge is 2.25. The zero-order valence-electron chi connectivity index (χ0n) is 7.84. The van der Waals surface area contributed by atoms with E-state index in [-0.39, 0.29) is 0 Å². The van der Waals surface area contributed by atoms with Crippen LogP contribution in [0.2, 0.25) is 0 Å². The minimum absolute atomic E-state index is 0.845. The Morgan fingerprint density at radius 2 is 1.91 bits per heavy atom. The van der Waals surface area contributed by atoms with E-state index in [0.29, 0.717) is 0 Å². The van der Waals surface area contributed by atoms with Gasteiger partial charge in [-0.05, 0) is 37.1 Å². The van der Waals surface area contributed by atoms with Crippen molar-refractivity contribution in [1.29, 1.82) is 0 Å². The second kappa shape index (κ2) is 4.10. The molecule has 1 fully saturated rings. The van der Waals surface area contributed by atoms with Gasteiger partial charge in [0.15, 0.2) is 0 Å². The highest BCUT2D eigenvalue weighted by atomic mass is 14.6. The van der Waals surface area contributed by atoms with Crippen LogP contribution in [0, 0.1) is 17.8 Å². The molecular formula is C10H21N. The van der Waals surface area contributed by atoms with E-state index in [1.807, 2.05) is 0 Å². The Morgan fingerprint density at radius 1 is 1.27 bits per heavy atom. The highest BCUT2D eigenvalue weighted by Crippen LogP contribution is 2.35. The molecule has 0 heterocycles. The second-order valence-corrected chi connectivity index (χ2v) is 4.32. The molecule has 1 heteroatoms. The summed E-state index contributed by atoms with van der Waals surface area (Å²) in [5.74, 6) is 2.64. The van der Waals surface area contributed by atoms with Crippen LogP contribution in [0.5, 0.6) is 0 Å². The van der Waals surface area contributed by atoms with Crippen LogP contribution >= 0.6 is 0 Å². The van der Waals surface area contributed by atoms with Crippen LogP contribution in [-0.2, 0) is 0 Å². The summed E-state index contributed by atoms with van der Waals surface area (Å²) in [6.45, 7) is 5.54. The zero-order valence-corrected chi connectivity index (χ0v) is 7.84. The average molecular weight is 155 g/mol. The molecule has 1 nitrogen and oxygen atoms in total. The van der Waals surface area contributed by atoms with Crippen molar-refractivity contribution >= 4 is 0 Å². The number of nitrogens with two attached hydrogens (primary N) is 1. The van der Waals surface area contributed by atoms with Gasteiger partial charge in [0.05, 0.1) is 0 Å². The largest absolute Gasteiger partial charge is 0.330 e. The predicted octanol–water partition coefficient (Wildman–Crippen LogP) is 2.41. The summed E-state index contributed by atoms with van der Waals surface area (Å²) in [7, 11) is 0. The van der Waals surface area contributed by atoms with Gasteiger partial charge in [0.2, 0.25) is 0 Å². The van der Waals surface area contributed by atoms with Crippen molar-refractivity contribution < 1.29 is 0 Å². The molecule has 0 bridgehead atoms. The van der Waals surface area contributed by atoms with E-state index in [9.17, 15) is 0 Å². The van der Waals surface area contributed by atoms with Crippen LogP contribution < -0.4 is 5.73 Å². The summed E-state index contributed by atoms with van der Waals surface area (Å²) in [5.41, 5.74) is 5.70. The van der Waals surface area contributed by atoms with Crippen LogP contribution in [0.15, 0.2) is 0 Å². The lowest BCUT2D eigenvalue weighted by molar-refractivity contribution is 0.329. The molecule has 0 radical (unpaired) electrons. The monoisotopic (exact) mass is 155 g/mol. The van der Waals surface area contributed by atoms with Crippen LogP contribution in [0.1, 0.15) is 39.5 Å². The maximum Gasteiger partial charge on any atom is -0.00462 e. The van der Waals surface area contributed by atoms with Crippen LogP contribution in [0.4, 0.5) is 0 Å². The topological polar surface area (TPSA) is 26.0 Å². The Hall–Kier alpha value is -0.0400. The first kappa shape index (κ1) is 9.05. The van der Waals surface area contributed by atoms with Gasteiger partial charge in [0.1, 0.15) is 0 Å². The quantitative estimate of drug-likeness (QED) is 0.665. The Labute approximate surface area is 70.4 Å². The summed E-state index contributed by atoms with van der Waals surface area (Å²) in [6.07, 6.45) is 5.62. The summed E-state index contributed by atoms with van der Waals surface area (Å²) in [5, 5.41) is 0. The molecule has 0 amide bonds. The van der Waals surface area contributed by atoms with Crippen molar-refractivity contribution in [1.82, 2.24) is 0 Å². The third-order valence-electron chi connectivity index (χ3n) is 2.89. The second-order valence-electron chi connectivity index (χ2n) is 4.32. The Bertz CT molecular complexity index is 109. The minimum atomic E-state index is 0.845. The molecule has 2 atom stereocenters.